The topological polar surface area (TPSA) is 59.6 Å². The Hall–Kier alpha value is -3.61. The van der Waals surface area contributed by atoms with Gasteiger partial charge in [0, 0.05) is 10.7 Å². The second-order valence-electron chi connectivity index (χ2n) is 8.42. The maximum Gasteiger partial charge on any atom is 0.260 e. The summed E-state index contributed by atoms with van der Waals surface area (Å²) in [4.78, 5) is 13.2. The van der Waals surface area contributed by atoms with Gasteiger partial charge in [-0.05, 0) is 64.7 Å². The molecule has 182 valence electrons. The third-order valence-electron chi connectivity index (χ3n) is 5.97. The third kappa shape index (κ3) is 5.30. The number of amides is 1. The van der Waals surface area contributed by atoms with E-state index >= 15 is 0 Å². The summed E-state index contributed by atoms with van der Waals surface area (Å²) in [6, 6.07) is 25.8. The quantitative estimate of drug-likeness (QED) is 0.259. The Balaban J connectivity index is 1.30. The van der Waals surface area contributed by atoms with Crippen molar-refractivity contribution in [2.75, 3.05) is 12.4 Å². The molecule has 2 N–H and O–H groups in total. The zero-order chi connectivity index (χ0) is 25.1. The van der Waals surface area contributed by atoms with E-state index < -0.39 is 0 Å². The minimum Gasteiger partial charge on any atom is -0.493 e. The van der Waals surface area contributed by atoms with Crippen LogP contribution in [0.15, 0.2) is 83.8 Å². The van der Waals surface area contributed by atoms with Crippen LogP contribution in [-0.4, -0.2) is 18.5 Å². The van der Waals surface area contributed by atoms with Crippen LogP contribution in [0.5, 0.6) is 11.5 Å². The van der Waals surface area contributed by atoms with E-state index in [4.69, 9.17) is 21.1 Å². The molecule has 0 aliphatic carbocycles. The lowest BCUT2D eigenvalue weighted by Crippen LogP contribution is -2.31. The van der Waals surface area contributed by atoms with Crippen molar-refractivity contribution in [3.63, 3.8) is 0 Å². The first-order valence-electron chi connectivity index (χ1n) is 11.5. The lowest BCUT2D eigenvalue weighted by molar-refractivity contribution is -0.116. The number of carbonyl (C=O) groups is 1. The van der Waals surface area contributed by atoms with Gasteiger partial charge in [-0.2, -0.15) is 0 Å². The third-order valence-corrected chi connectivity index (χ3v) is 7.23. The zero-order valence-electron chi connectivity index (χ0n) is 19.9. The van der Waals surface area contributed by atoms with E-state index in [9.17, 15) is 4.79 Å². The molecule has 1 unspecified atom stereocenters. The van der Waals surface area contributed by atoms with Crippen molar-refractivity contribution in [3.05, 3.63) is 105 Å². The van der Waals surface area contributed by atoms with E-state index in [-0.39, 0.29) is 11.4 Å². The number of aryl methyl sites for hydroxylation is 1. The Morgan fingerprint density at radius 3 is 2.72 bits per heavy atom. The number of methoxy groups -OCH3 is 1. The number of hydrogen-bond donors (Lipinski definition) is 2. The van der Waals surface area contributed by atoms with Crippen molar-refractivity contribution in [2.45, 2.75) is 19.0 Å². The molecule has 1 aliphatic heterocycles. The van der Waals surface area contributed by atoms with Gasteiger partial charge in [-0.15, -0.1) is 0 Å². The maximum absolute atomic E-state index is 12.6. The lowest BCUT2D eigenvalue weighted by atomic mass is 10.1. The van der Waals surface area contributed by atoms with Crippen LogP contribution in [0, 0.1) is 6.92 Å². The van der Waals surface area contributed by atoms with Gasteiger partial charge in [0.1, 0.15) is 6.61 Å². The van der Waals surface area contributed by atoms with Crippen molar-refractivity contribution in [2.24, 2.45) is 0 Å². The van der Waals surface area contributed by atoms with Gasteiger partial charge in [-0.3, -0.25) is 4.79 Å². The van der Waals surface area contributed by atoms with Gasteiger partial charge >= 0.3 is 0 Å². The van der Waals surface area contributed by atoms with Gasteiger partial charge in [-0.25, -0.2) is 0 Å². The Morgan fingerprint density at radius 2 is 1.86 bits per heavy atom. The summed E-state index contributed by atoms with van der Waals surface area (Å²) in [5.41, 5.74) is 3.60. The molecule has 1 heterocycles. The Kier molecular flexibility index (Phi) is 7.07. The highest BCUT2D eigenvalue weighted by Crippen LogP contribution is 2.34. The highest BCUT2D eigenvalue weighted by Gasteiger charge is 2.27. The fourth-order valence-corrected chi connectivity index (χ4v) is 5.22. The van der Waals surface area contributed by atoms with Crippen molar-refractivity contribution in [3.8, 4) is 11.5 Å². The molecule has 1 atom stereocenters. The summed E-state index contributed by atoms with van der Waals surface area (Å²) in [6.07, 6.45) is 1.85. The standard InChI is InChI=1S/C29H25ClN2O3S/c1-18-10-12-22(30)16-24(18)31-29-32-28(33)27(36-29)15-19-11-13-25(26(14-19)34-2)35-17-21-8-5-7-20-6-3-4-9-23(20)21/h3-16,29,31H,17H2,1-2H3,(H,32,33)/b27-15-. The lowest BCUT2D eigenvalue weighted by Gasteiger charge is -2.15. The van der Waals surface area contributed by atoms with Crippen molar-refractivity contribution < 1.29 is 14.3 Å². The molecule has 0 saturated carbocycles. The molecule has 1 saturated heterocycles. The largest absolute Gasteiger partial charge is 0.493 e. The maximum atomic E-state index is 12.6. The van der Waals surface area contributed by atoms with E-state index in [1.54, 1.807) is 7.11 Å². The van der Waals surface area contributed by atoms with E-state index in [0.717, 1.165) is 22.4 Å². The predicted molar refractivity (Wildman–Crippen MR) is 149 cm³/mol. The van der Waals surface area contributed by atoms with Gasteiger partial charge in [0.25, 0.3) is 5.91 Å². The zero-order valence-corrected chi connectivity index (χ0v) is 21.5. The fraction of sp³-hybridized carbons (Fsp3) is 0.138. The van der Waals surface area contributed by atoms with Gasteiger partial charge in [-0.1, -0.05) is 78.0 Å². The molecule has 36 heavy (non-hydrogen) atoms. The normalized spacial score (nSPS) is 16.2. The number of anilines is 1. The Bertz CT molecular complexity index is 1470. The number of nitrogens with one attached hydrogen (secondary N) is 2. The molecule has 1 aliphatic rings. The SMILES string of the molecule is COc1cc(/C=C2\SC(Nc3cc(Cl)ccc3C)NC2=O)ccc1OCc1cccc2ccccc12. The van der Waals surface area contributed by atoms with E-state index in [1.165, 1.54) is 22.5 Å². The number of halogens is 1. The van der Waals surface area contributed by atoms with Crippen LogP contribution in [0.3, 0.4) is 0 Å². The first-order valence-corrected chi connectivity index (χ1v) is 12.8. The van der Waals surface area contributed by atoms with Crippen molar-refractivity contribution in [1.82, 2.24) is 5.32 Å². The van der Waals surface area contributed by atoms with Gasteiger partial charge in [0.05, 0.1) is 12.0 Å². The van der Waals surface area contributed by atoms with Crippen LogP contribution in [0.2, 0.25) is 5.02 Å². The summed E-state index contributed by atoms with van der Waals surface area (Å²) in [7, 11) is 1.61. The number of rotatable bonds is 7. The first kappa shape index (κ1) is 24.1. The van der Waals surface area contributed by atoms with Crippen LogP contribution in [0.25, 0.3) is 16.8 Å². The van der Waals surface area contributed by atoms with Gasteiger partial charge in [0.15, 0.2) is 17.0 Å². The molecule has 1 fully saturated rings. The Labute approximate surface area is 219 Å². The van der Waals surface area contributed by atoms with Crippen LogP contribution >= 0.6 is 23.4 Å². The number of fused-ring (bicyclic) bond motifs is 1. The average molecular weight is 517 g/mol. The molecular formula is C29H25ClN2O3S. The van der Waals surface area contributed by atoms with E-state index in [0.29, 0.717) is 28.0 Å². The van der Waals surface area contributed by atoms with Crippen molar-refractivity contribution in [1.29, 1.82) is 0 Å². The summed E-state index contributed by atoms with van der Waals surface area (Å²) in [6.45, 7) is 2.42. The van der Waals surface area contributed by atoms with Gasteiger partial charge < -0.3 is 20.1 Å². The summed E-state index contributed by atoms with van der Waals surface area (Å²) < 4.78 is 11.7. The highest BCUT2D eigenvalue weighted by atomic mass is 35.5. The number of hydrogen-bond acceptors (Lipinski definition) is 5. The van der Waals surface area contributed by atoms with Crippen LogP contribution in [-0.2, 0) is 11.4 Å². The van der Waals surface area contributed by atoms with E-state index in [2.05, 4.69) is 34.9 Å². The average Bonchev–Trinajstić information content (AvgIpc) is 3.23. The van der Waals surface area contributed by atoms with E-state index in [1.807, 2.05) is 67.6 Å². The van der Waals surface area contributed by atoms with Crippen LogP contribution in [0.4, 0.5) is 5.69 Å². The second kappa shape index (κ2) is 10.6. The van der Waals surface area contributed by atoms with Crippen LogP contribution in [0.1, 0.15) is 16.7 Å². The molecule has 5 nitrogen and oxygen atoms in total. The molecule has 4 aromatic rings. The minimum atomic E-state index is -0.286. The smallest absolute Gasteiger partial charge is 0.260 e. The Morgan fingerprint density at radius 1 is 1.03 bits per heavy atom. The number of benzene rings is 4. The molecule has 0 radical (unpaired) electrons. The molecule has 5 rings (SSSR count). The number of thioether (sulfide) groups is 1. The number of carbonyl (C=O) groups excluding carboxylic acids is 1. The fourth-order valence-electron chi connectivity index (χ4n) is 4.07. The molecule has 7 heteroatoms. The monoisotopic (exact) mass is 516 g/mol. The number of ether oxygens (including phenoxy) is 2. The molecule has 0 aromatic heterocycles. The molecule has 1 amide bonds. The summed E-state index contributed by atoms with van der Waals surface area (Å²) in [5.74, 6) is 1.12. The van der Waals surface area contributed by atoms with Crippen molar-refractivity contribution >= 4 is 51.8 Å². The first-order chi connectivity index (χ1) is 17.5. The molecule has 4 aromatic carbocycles. The molecular weight excluding hydrogens is 492 g/mol. The highest BCUT2D eigenvalue weighted by molar-refractivity contribution is 8.05. The summed E-state index contributed by atoms with van der Waals surface area (Å²) >= 11 is 7.55. The molecule has 0 spiro atoms. The predicted octanol–water partition coefficient (Wildman–Crippen LogP) is 6.99. The van der Waals surface area contributed by atoms with Crippen LogP contribution < -0.4 is 20.1 Å². The minimum absolute atomic E-state index is 0.132. The van der Waals surface area contributed by atoms with Gasteiger partial charge in [0.2, 0.25) is 0 Å². The molecule has 0 bridgehead atoms. The second-order valence-corrected chi connectivity index (χ2v) is 10.0. The summed E-state index contributed by atoms with van der Waals surface area (Å²) in [5, 5.41) is 9.28.